The number of hydrogen-bond acceptors (Lipinski definition) is 9. The number of carbonyl (C=O) groups is 3. The van der Waals surface area contributed by atoms with E-state index in [9.17, 15) is 24.3 Å². The highest BCUT2D eigenvalue weighted by Gasteiger charge is 2.52. The fourth-order valence-electron chi connectivity index (χ4n) is 3.93. The van der Waals surface area contributed by atoms with Crippen molar-refractivity contribution in [3.05, 3.63) is 63.9 Å². The summed E-state index contributed by atoms with van der Waals surface area (Å²) in [6.45, 7) is 11.5. The molecule has 0 aliphatic rings. The van der Waals surface area contributed by atoms with Crippen LogP contribution in [-0.2, 0) is 25.6 Å². The molecule has 0 atom stereocenters. The summed E-state index contributed by atoms with van der Waals surface area (Å²) in [5.41, 5.74) is -3.06. The largest absolute Gasteiger partial charge is 0.508 e. The second-order valence-electron chi connectivity index (χ2n) is 11.6. The van der Waals surface area contributed by atoms with Gasteiger partial charge < -0.3 is 14.6 Å². The number of aromatic hydroxyl groups is 1. The summed E-state index contributed by atoms with van der Waals surface area (Å²) in [4.78, 5) is 54.1. The molecule has 0 amide bonds. The van der Waals surface area contributed by atoms with Crippen LogP contribution in [0.15, 0.2) is 47.3 Å². The third-order valence-electron chi connectivity index (χ3n) is 5.86. The minimum Gasteiger partial charge on any atom is -0.508 e. The standard InChI is InChI=1S/C29H35N3O7/c1-18-8-13-22-21(16-18)24(35)32(31-30-22)15-14-29(25(36)38-27(2,3)4,26(37)39-28(5,6)7)17-23(34)19-9-11-20(33)12-10-19/h8-13,16,33H,14-15,17H2,1-7H3. The van der Waals surface area contributed by atoms with Crippen molar-refractivity contribution in [1.29, 1.82) is 0 Å². The lowest BCUT2D eigenvalue weighted by atomic mass is 9.78. The number of aryl methyl sites for hydroxylation is 2. The number of aromatic nitrogens is 3. The first-order chi connectivity index (χ1) is 18.0. The van der Waals surface area contributed by atoms with E-state index in [2.05, 4.69) is 10.3 Å². The minimum absolute atomic E-state index is 0.0402. The van der Waals surface area contributed by atoms with Crippen LogP contribution >= 0.6 is 0 Å². The third-order valence-corrected chi connectivity index (χ3v) is 5.86. The maximum Gasteiger partial charge on any atom is 0.324 e. The Balaban J connectivity index is 2.11. The number of ether oxygens (including phenoxy) is 2. The minimum atomic E-state index is -2.10. The van der Waals surface area contributed by atoms with E-state index in [4.69, 9.17) is 9.47 Å². The van der Waals surface area contributed by atoms with Crippen molar-refractivity contribution in [2.24, 2.45) is 5.41 Å². The SMILES string of the molecule is Cc1ccc2nnn(CCC(CC(=O)c3ccc(O)cc3)(C(=O)OC(C)(C)C)C(=O)OC(C)(C)C)c(=O)c2c1. The molecule has 10 nitrogen and oxygen atoms in total. The highest BCUT2D eigenvalue weighted by Crippen LogP contribution is 2.36. The van der Waals surface area contributed by atoms with E-state index in [1.807, 2.05) is 13.0 Å². The molecule has 0 unspecified atom stereocenters. The molecule has 0 aliphatic heterocycles. The lowest BCUT2D eigenvalue weighted by Gasteiger charge is -2.34. The summed E-state index contributed by atoms with van der Waals surface area (Å²) < 4.78 is 12.4. The molecular formula is C29H35N3O7. The lowest BCUT2D eigenvalue weighted by molar-refractivity contribution is -0.186. The van der Waals surface area contributed by atoms with Crippen LogP contribution in [0.3, 0.4) is 0 Å². The summed E-state index contributed by atoms with van der Waals surface area (Å²) in [7, 11) is 0. The van der Waals surface area contributed by atoms with Gasteiger partial charge in [0.05, 0.1) is 5.39 Å². The van der Waals surface area contributed by atoms with Gasteiger partial charge in [-0.25, -0.2) is 4.68 Å². The fourth-order valence-corrected chi connectivity index (χ4v) is 3.93. The quantitative estimate of drug-likeness (QED) is 0.255. The van der Waals surface area contributed by atoms with Crippen molar-refractivity contribution in [2.45, 2.75) is 79.1 Å². The van der Waals surface area contributed by atoms with E-state index in [1.165, 1.54) is 24.3 Å². The van der Waals surface area contributed by atoms with Gasteiger partial charge in [0, 0.05) is 18.5 Å². The maximum atomic E-state index is 13.8. The number of fused-ring (bicyclic) bond motifs is 1. The Hall–Kier alpha value is -4.08. The Morgan fingerprint density at radius 3 is 2.00 bits per heavy atom. The summed E-state index contributed by atoms with van der Waals surface area (Å²) in [5, 5.41) is 18.1. The second kappa shape index (κ2) is 11.0. The Kier molecular flexibility index (Phi) is 8.28. The highest BCUT2D eigenvalue weighted by molar-refractivity contribution is 6.07. The van der Waals surface area contributed by atoms with E-state index in [1.54, 1.807) is 53.7 Å². The van der Waals surface area contributed by atoms with Gasteiger partial charge in [-0.15, -0.1) is 5.10 Å². The van der Waals surface area contributed by atoms with Gasteiger partial charge in [-0.2, -0.15) is 0 Å². The monoisotopic (exact) mass is 537 g/mol. The van der Waals surface area contributed by atoms with Gasteiger partial charge in [0.25, 0.3) is 5.56 Å². The number of ketones is 1. The van der Waals surface area contributed by atoms with Crippen LogP contribution in [-0.4, -0.2) is 49.0 Å². The van der Waals surface area contributed by atoms with Crippen molar-refractivity contribution < 1.29 is 29.0 Å². The van der Waals surface area contributed by atoms with Crippen LogP contribution in [0.1, 0.15) is 70.3 Å². The molecule has 3 rings (SSSR count). The predicted molar refractivity (Wildman–Crippen MR) is 144 cm³/mol. The first kappa shape index (κ1) is 29.5. The molecule has 0 saturated carbocycles. The summed E-state index contributed by atoms with van der Waals surface area (Å²) in [6.07, 6.45) is -0.900. The van der Waals surface area contributed by atoms with E-state index in [0.29, 0.717) is 10.9 Å². The van der Waals surface area contributed by atoms with Gasteiger partial charge in [-0.3, -0.25) is 19.2 Å². The summed E-state index contributed by atoms with van der Waals surface area (Å²) in [5.74, 6) is -2.48. The van der Waals surface area contributed by atoms with Gasteiger partial charge in [0.2, 0.25) is 0 Å². The molecule has 208 valence electrons. The maximum absolute atomic E-state index is 13.8. The average Bonchev–Trinajstić information content (AvgIpc) is 2.81. The zero-order valence-electron chi connectivity index (χ0n) is 23.4. The number of Topliss-reactive ketones (excluding diaryl/α,β-unsaturated/α-hetero) is 1. The molecule has 39 heavy (non-hydrogen) atoms. The predicted octanol–water partition coefficient (Wildman–Crippen LogP) is 4.14. The molecule has 0 radical (unpaired) electrons. The van der Waals surface area contributed by atoms with Crippen LogP contribution in [0.2, 0.25) is 0 Å². The van der Waals surface area contributed by atoms with Gasteiger partial charge in [-0.05, 0) is 91.3 Å². The van der Waals surface area contributed by atoms with Crippen LogP contribution in [0, 0.1) is 12.3 Å². The Morgan fingerprint density at radius 1 is 0.897 bits per heavy atom. The van der Waals surface area contributed by atoms with E-state index < -0.39 is 46.3 Å². The van der Waals surface area contributed by atoms with E-state index in [0.717, 1.165) is 10.2 Å². The van der Waals surface area contributed by atoms with Crippen molar-refractivity contribution in [1.82, 2.24) is 15.0 Å². The molecular weight excluding hydrogens is 502 g/mol. The van der Waals surface area contributed by atoms with Crippen LogP contribution in [0.5, 0.6) is 5.75 Å². The number of benzene rings is 2. The number of phenols is 1. The number of esters is 2. The van der Waals surface area contributed by atoms with Crippen molar-refractivity contribution in [2.75, 3.05) is 0 Å². The molecule has 1 heterocycles. The Labute approximate surface area is 226 Å². The van der Waals surface area contributed by atoms with Crippen LogP contribution in [0.4, 0.5) is 0 Å². The number of nitrogens with zero attached hydrogens (tertiary/aromatic N) is 3. The Morgan fingerprint density at radius 2 is 1.46 bits per heavy atom. The van der Waals surface area contributed by atoms with Crippen LogP contribution in [0.25, 0.3) is 10.9 Å². The van der Waals surface area contributed by atoms with Gasteiger partial charge >= 0.3 is 11.9 Å². The molecule has 0 spiro atoms. The number of hydrogen-bond donors (Lipinski definition) is 1. The first-order valence-corrected chi connectivity index (χ1v) is 12.6. The first-order valence-electron chi connectivity index (χ1n) is 12.6. The van der Waals surface area contributed by atoms with E-state index >= 15 is 0 Å². The summed E-state index contributed by atoms with van der Waals surface area (Å²) in [6, 6.07) is 10.6. The van der Waals surface area contributed by atoms with Gasteiger partial charge in [-0.1, -0.05) is 16.8 Å². The molecule has 0 aliphatic carbocycles. The Bertz CT molecular complexity index is 1420. The smallest absolute Gasteiger partial charge is 0.324 e. The summed E-state index contributed by atoms with van der Waals surface area (Å²) >= 11 is 0. The molecule has 1 aromatic heterocycles. The zero-order valence-corrected chi connectivity index (χ0v) is 23.4. The number of phenolic OH excluding ortho intramolecular Hbond substituents is 1. The van der Waals surface area contributed by atoms with Crippen molar-refractivity contribution in [3.8, 4) is 5.75 Å². The van der Waals surface area contributed by atoms with Crippen molar-refractivity contribution >= 4 is 28.6 Å². The molecule has 2 aromatic carbocycles. The van der Waals surface area contributed by atoms with E-state index in [-0.39, 0.29) is 24.3 Å². The lowest BCUT2D eigenvalue weighted by Crippen LogP contribution is -2.49. The normalized spacial score (nSPS) is 12.3. The number of rotatable bonds is 8. The molecule has 0 bridgehead atoms. The molecule has 0 fully saturated rings. The van der Waals surface area contributed by atoms with Crippen LogP contribution < -0.4 is 5.56 Å². The van der Waals surface area contributed by atoms with Crippen molar-refractivity contribution in [3.63, 3.8) is 0 Å². The average molecular weight is 538 g/mol. The number of carbonyl (C=O) groups excluding carboxylic acids is 3. The topological polar surface area (TPSA) is 138 Å². The highest BCUT2D eigenvalue weighted by atomic mass is 16.6. The molecule has 1 N–H and O–H groups in total. The second-order valence-corrected chi connectivity index (χ2v) is 11.6. The molecule has 3 aromatic rings. The molecule has 10 heteroatoms. The molecule has 0 saturated heterocycles. The fraction of sp³-hybridized carbons (Fsp3) is 0.448. The zero-order chi connectivity index (χ0) is 29.2. The third kappa shape index (κ3) is 7.28. The van der Waals surface area contributed by atoms with Gasteiger partial charge in [0.1, 0.15) is 22.5 Å². The van der Waals surface area contributed by atoms with Gasteiger partial charge in [0.15, 0.2) is 11.2 Å².